The number of fused-ring (bicyclic) bond motifs is 1. The number of carbonyl (C=O) groups excluding carboxylic acids is 1. The number of hydrogen-bond donors (Lipinski definition) is 0. The zero-order valence-electron chi connectivity index (χ0n) is 18.5. The van der Waals surface area contributed by atoms with E-state index in [1.165, 1.54) is 17.0 Å². The Morgan fingerprint density at radius 3 is 2.74 bits per heavy atom. The number of nitrogens with zero attached hydrogens (tertiary/aromatic N) is 4. The minimum Gasteiger partial charge on any atom is -0.491 e. The first-order chi connectivity index (χ1) is 14.6. The highest BCUT2D eigenvalue weighted by molar-refractivity contribution is 5.89. The molecule has 0 aliphatic carbocycles. The van der Waals surface area contributed by atoms with E-state index in [1.807, 2.05) is 33.9 Å². The summed E-state index contributed by atoms with van der Waals surface area (Å²) < 4.78 is 27.0. The third-order valence-electron chi connectivity index (χ3n) is 4.57. The second kappa shape index (κ2) is 8.75. The molecule has 3 aromatic rings. The molecule has 7 nitrogen and oxygen atoms in total. The Hall–Kier alpha value is -3.42. The number of benzene rings is 1. The number of pyridine rings is 1. The van der Waals surface area contributed by atoms with Crippen molar-refractivity contribution in [3.8, 4) is 17.0 Å². The zero-order chi connectivity index (χ0) is 22.8. The van der Waals surface area contributed by atoms with Crippen LogP contribution in [0.1, 0.15) is 26.5 Å². The lowest BCUT2D eigenvalue weighted by Crippen LogP contribution is -2.36. The van der Waals surface area contributed by atoms with Crippen molar-refractivity contribution in [2.75, 3.05) is 20.2 Å². The second-order valence-corrected chi connectivity index (χ2v) is 8.19. The van der Waals surface area contributed by atoms with Crippen molar-refractivity contribution in [1.82, 2.24) is 19.7 Å². The van der Waals surface area contributed by atoms with Crippen LogP contribution in [0.3, 0.4) is 0 Å². The molecular weight excluding hydrogens is 399 g/mol. The van der Waals surface area contributed by atoms with Crippen LogP contribution in [0.4, 0.5) is 9.18 Å². The number of aromatic nitrogens is 3. The Labute approximate surface area is 181 Å². The van der Waals surface area contributed by atoms with E-state index in [1.54, 1.807) is 30.1 Å². The van der Waals surface area contributed by atoms with Crippen molar-refractivity contribution >= 4 is 23.1 Å². The molecule has 0 unspecified atom stereocenters. The van der Waals surface area contributed by atoms with E-state index >= 15 is 0 Å². The van der Waals surface area contributed by atoms with Gasteiger partial charge in [0.2, 0.25) is 0 Å². The van der Waals surface area contributed by atoms with E-state index in [0.29, 0.717) is 23.6 Å². The van der Waals surface area contributed by atoms with Gasteiger partial charge in [-0.2, -0.15) is 5.10 Å². The highest BCUT2D eigenvalue weighted by atomic mass is 19.1. The van der Waals surface area contributed by atoms with Crippen LogP contribution in [-0.4, -0.2) is 51.6 Å². The van der Waals surface area contributed by atoms with Crippen molar-refractivity contribution in [3.63, 3.8) is 0 Å². The van der Waals surface area contributed by atoms with E-state index in [2.05, 4.69) is 16.7 Å². The standard InChI is InChI=1S/C23H27FN4O3/c1-7-18-16-13-19(25-14-20(16)28(6)26-18)17-12-15(24)8-9-21(17)30-11-10-27(5)22(29)31-23(2,3)4/h7-9,12-14H,1,10-11H2,2-6H3. The fourth-order valence-electron chi connectivity index (χ4n) is 3.03. The molecule has 3 rings (SSSR count). The number of carbonyl (C=O) groups is 1. The van der Waals surface area contributed by atoms with Gasteiger partial charge >= 0.3 is 6.09 Å². The van der Waals surface area contributed by atoms with Gasteiger partial charge in [-0.05, 0) is 51.1 Å². The molecule has 2 aromatic heterocycles. The van der Waals surface area contributed by atoms with Crippen molar-refractivity contribution < 1.29 is 18.7 Å². The molecule has 0 saturated carbocycles. The molecule has 1 aromatic carbocycles. The maximum absolute atomic E-state index is 14.0. The van der Waals surface area contributed by atoms with Crippen molar-refractivity contribution in [3.05, 3.63) is 48.6 Å². The first-order valence-corrected chi connectivity index (χ1v) is 9.91. The Bertz CT molecular complexity index is 1120. The molecule has 0 spiro atoms. The Balaban J connectivity index is 1.81. The summed E-state index contributed by atoms with van der Waals surface area (Å²) in [5.74, 6) is 0.0696. The molecule has 0 N–H and O–H groups in total. The predicted molar refractivity (Wildman–Crippen MR) is 118 cm³/mol. The lowest BCUT2D eigenvalue weighted by atomic mass is 10.1. The maximum atomic E-state index is 14.0. The molecule has 0 bridgehead atoms. The van der Waals surface area contributed by atoms with Gasteiger partial charge in [0.1, 0.15) is 23.8 Å². The van der Waals surface area contributed by atoms with E-state index in [4.69, 9.17) is 9.47 Å². The Morgan fingerprint density at radius 1 is 1.32 bits per heavy atom. The fraction of sp³-hybridized carbons (Fsp3) is 0.348. The Kier molecular flexibility index (Phi) is 6.29. The Morgan fingerprint density at radius 2 is 2.06 bits per heavy atom. The normalized spacial score (nSPS) is 11.4. The smallest absolute Gasteiger partial charge is 0.410 e. The molecule has 0 aliphatic rings. The summed E-state index contributed by atoms with van der Waals surface area (Å²) in [5.41, 5.74) is 2.06. The monoisotopic (exact) mass is 426 g/mol. The summed E-state index contributed by atoms with van der Waals surface area (Å²) in [6.07, 6.45) is 2.92. The van der Waals surface area contributed by atoms with Crippen LogP contribution in [0, 0.1) is 5.82 Å². The zero-order valence-corrected chi connectivity index (χ0v) is 18.5. The van der Waals surface area contributed by atoms with Gasteiger partial charge < -0.3 is 14.4 Å². The van der Waals surface area contributed by atoms with Gasteiger partial charge in [0, 0.05) is 25.0 Å². The van der Waals surface area contributed by atoms with Crippen molar-refractivity contribution in [2.45, 2.75) is 26.4 Å². The molecule has 8 heteroatoms. The van der Waals surface area contributed by atoms with Crippen LogP contribution >= 0.6 is 0 Å². The molecule has 0 saturated heterocycles. The number of aryl methyl sites for hydroxylation is 1. The van der Waals surface area contributed by atoms with Gasteiger partial charge in [0.05, 0.1) is 29.6 Å². The number of likely N-dealkylation sites (N-methyl/N-ethyl adjacent to an activating group) is 1. The molecular formula is C23H27FN4O3. The lowest BCUT2D eigenvalue weighted by molar-refractivity contribution is 0.0278. The van der Waals surface area contributed by atoms with E-state index in [9.17, 15) is 9.18 Å². The van der Waals surface area contributed by atoms with Gasteiger partial charge in [-0.15, -0.1) is 0 Å². The molecule has 1 amide bonds. The first-order valence-electron chi connectivity index (χ1n) is 9.91. The first kappa shape index (κ1) is 22.3. The predicted octanol–water partition coefficient (Wildman–Crippen LogP) is 4.66. The number of amides is 1. The highest BCUT2D eigenvalue weighted by Gasteiger charge is 2.20. The summed E-state index contributed by atoms with van der Waals surface area (Å²) in [4.78, 5) is 18.0. The molecule has 164 valence electrons. The fourth-order valence-corrected chi connectivity index (χ4v) is 3.03. The van der Waals surface area contributed by atoms with Crippen LogP contribution in [0.5, 0.6) is 5.75 Å². The summed E-state index contributed by atoms with van der Waals surface area (Å²) in [7, 11) is 3.46. The van der Waals surface area contributed by atoms with Crippen molar-refractivity contribution in [1.29, 1.82) is 0 Å². The van der Waals surface area contributed by atoms with Crippen molar-refractivity contribution in [2.24, 2.45) is 7.05 Å². The van der Waals surface area contributed by atoms with Gasteiger partial charge in [0.25, 0.3) is 0 Å². The summed E-state index contributed by atoms with van der Waals surface area (Å²) in [6.45, 7) is 9.74. The third kappa shape index (κ3) is 5.20. The molecule has 0 aliphatic heterocycles. The second-order valence-electron chi connectivity index (χ2n) is 8.19. The van der Waals surface area contributed by atoms with Gasteiger partial charge in [-0.1, -0.05) is 6.58 Å². The molecule has 0 fully saturated rings. The lowest BCUT2D eigenvalue weighted by Gasteiger charge is -2.24. The average molecular weight is 426 g/mol. The summed E-state index contributed by atoms with van der Waals surface area (Å²) >= 11 is 0. The SMILES string of the molecule is C=Cc1nn(C)c2cnc(-c3cc(F)ccc3OCCN(C)C(=O)OC(C)(C)C)cc12. The van der Waals surface area contributed by atoms with Gasteiger partial charge in [-0.25, -0.2) is 9.18 Å². The summed E-state index contributed by atoms with van der Waals surface area (Å²) in [6, 6.07) is 6.11. The third-order valence-corrected chi connectivity index (χ3v) is 4.57. The quantitative estimate of drug-likeness (QED) is 0.573. The molecule has 0 atom stereocenters. The average Bonchev–Trinajstić information content (AvgIpc) is 3.02. The molecule has 0 radical (unpaired) electrons. The number of halogens is 1. The van der Waals surface area contributed by atoms with Gasteiger partial charge in [-0.3, -0.25) is 9.67 Å². The van der Waals surface area contributed by atoms with Crippen LogP contribution in [0.15, 0.2) is 37.0 Å². The molecule has 31 heavy (non-hydrogen) atoms. The topological polar surface area (TPSA) is 69.5 Å². The minimum atomic E-state index is -0.572. The van der Waals surface area contributed by atoms with E-state index in [-0.39, 0.29) is 6.61 Å². The van der Waals surface area contributed by atoms with Crippen LogP contribution in [0.2, 0.25) is 0 Å². The number of rotatable bonds is 6. The van der Waals surface area contributed by atoms with Crippen LogP contribution in [-0.2, 0) is 11.8 Å². The van der Waals surface area contributed by atoms with Crippen LogP contribution < -0.4 is 4.74 Å². The van der Waals surface area contributed by atoms with E-state index in [0.717, 1.165) is 16.6 Å². The van der Waals surface area contributed by atoms with Crippen LogP contribution in [0.25, 0.3) is 28.2 Å². The minimum absolute atomic E-state index is 0.210. The summed E-state index contributed by atoms with van der Waals surface area (Å²) in [5, 5.41) is 5.26. The maximum Gasteiger partial charge on any atom is 0.410 e. The van der Waals surface area contributed by atoms with E-state index < -0.39 is 17.5 Å². The largest absolute Gasteiger partial charge is 0.491 e. The molecule has 2 heterocycles. The number of ether oxygens (including phenoxy) is 2. The highest BCUT2D eigenvalue weighted by Crippen LogP contribution is 2.32. The van der Waals surface area contributed by atoms with Gasteiger partial charge in [0.15, 0.2) is 0 Å². The number of hydrogen-bond acceptors (Lipinski definition) is 5.